The minimum atomic E-state index is -0.643. The van der Waals surface area contributed by atoms with Crippen LogP contribution in [0.1, 0.15) is 6.42 Å². The van der Waals surface area contributed by atoms with E-state index in [1.165, 1.54) is 12.1 Å². The topological polar surface area (TPSA) is 101 Å². The lowest BCUT2D eigenvalue weighted by Gasteiger charge is -2.18. The average Bonchev–Trinajstić information content (AvgIpc) is 3.14. The lowest BCUT2D eigenvalue weighted by molar-refractivity contribution is -0.384. The van der Waals surface area contributed by atoms with Gasteiger partial charge in [0.15, 0.2) is 0 Å². The molecule has 1 N–H and O–H groups in total. The summed E-state index contributed by atoms with van der Waals surface area (Å²) in [6.07, 6.45) is 4.79. The fraction of sp³-hybridized carbons (Fsp3) is 0.333. The number of hydrogen-bond donors (Lipinski definition) is 1. The number of rotatable bonds is 2. The highest BCUT2D eigenvalue weighted by Gasteiger charge is 2.59. The van der Waals surface area contributed by atoms with Crippen molar-refractivity contribution in [3.8, 4) is 5.75 Å². The fourth-order valence-electron chi connectivity index (χ4n) is 3.95. The molecule has 2 fully saturated rings. The summed E-state index contributed by atoms with van der Waals surface area (Å²) in [4.78, 5) is 36.2. The second-order valence-electron chi connectivity index (χ2n) is 5.94. The van der Waals surface area contributed by atoms with Gasteiger partial charge in [0.05, 0.1) is 28.5 Å². The summed E-state index contributed by atoms with van der Waals surface area (Å²) in [7, 11) is 0. The smallest absolute Gasteiger partial charge is 0.273 e. The van der Waals surface area contributed by atoms with Crippen molar-refractivity contribution in [3.05, 3.63) is 40.5 Å². The highest BCUT2D eigenvalue weighted by molar-refractivity contribution is 6.23. The van der Waals surface area contributed by atoms with Gasteiger partial charge in [-0.1, -0.05) is 12.2 Å². The van der Waals surface area contributed by atoms with Crippen LogP contribution in [0.4, 0.5) is 11.4 Å². The Morgan fingerprint density at radius 3 is 2.23 bits per heavy atom. The molecule has 7 nitrogen and oxygen atoms in total. The van der Waals surface area contributed by atoms with Gasteiger partial charge in [0.2, 0.25) is 11.8 Å². The average molecular weight is 300 g/mol. The number of carbonyl (C=O) groups excluding carboxylic acids is 2. The van der Waals surface area contributed by atoms with Gasteiger partial charge in [0.25, 0.3) is 5.69 Å². The number of benzene rings is 1. The van der Waals surface area contributed by atoms with Crippen LogP contribution in [0.15, 0.2) is 30.4 Å². The van der Waals surface area contributed by atoms with E-state index < -0.39 is 10.7 Å². The van der Waals surface area contributed by atoms with Crippen molar-refractivity contribution in [1.29, 1.82) is 0 Å². The fourth-order valence-corrected chi connectivity index (χ4v) is 3.95. The van der Waals surface area contributed by atoms with Crippen LogP contribution >= 0.6 is 0 Å². The number of aromatic hydroxyl groups is 1. The van der Waals surface area contributed by atoms with E-state index >= 15 is 0 Å². The molecule has 0 unspecified atom stereocenters. The van der Waals surface area contributed by atoms with E-state index in [-0.39, 0.29) is 46.9 Å². The van der Waals surface area contributed by atoms with Crippen LogP contribution in [0.25, 0.3) is 0 Å². The van der Waals surface area contributed by atoms with E-state index in [1.807, 2.05) is 12.2 Å². The predicted octanol–water partition coefficient (Wildman–Crippen LogP) is 1.61. The Balaban J connectivity index is 1.74. The van der Waals surface area contributed by atoms with Gasteiger partial charge in [-0.05, 0) is 24.3 Å². The Kier molecular flexibility index (Phi) is 2.46. The number of nitro groups is 1. The zero-order valence-corrected chi connectivity index (χ0v) is 11.4. The summed E-state index contributed by atoms with van der Waals surface area (Å²) in [6.45, 7) is 0. The summed E-state index contributed by atoms with van der Waals surface area (Å²) in [6, 6.07) is 3.38. The summed E-state index contributed by atoms with van der Waals surface area (Å²) in [5.74, 6) is -1.65. The van der Waals surface area contributed by atoms with Crippen LogP contribution in [0, 0.1) is 33.8 Å². The number of anilines is 1. The van der Waals surface area contributed by atoms with E-state index in [4.69, 9.17) is 0 Å². The summed E-state index contributed by atoms with van der Waals surface area (Å²) in [5.41, 5.74) is -0.267. The molecule has 0 radical (unpaired) electrons. The van der Waals surface area contributed by atoms with Crippen molar-refractivity contribution in [1.82, 2.24) is 0 Å². The van der Waals surface area contributed by atoms with Gasteiger partial charge < -0.3 is 5.11 Å². The molecule has 1 saturated heterocycles. The van der Waals surface area contributed by atoms with Gasteiger partial charge in [0, 0.05) is 6.07 Å². The predicted molar refractivity (Wildman–Crippen MR) is 75.0 cm³/mol. The Morgan fingerprint density at radius 2 is 1.73 bits per heavy atom. The molecule has 0 aromatic heterocycles. The van der Waals surface area contributed by atoms with Gasteiger partial charge >= 0.3 is 0 Å². The third kappa shape index (κ3) is 1.50. The van der Waals surface area contributed by atoms with Gasteiger partial charge in [-0.2, -0.15) is 0 Å². The molecule has 0 spiro atoms. The maximum atomic E-state index is 12.6. The normalized spacial score (nSPS) is 31.9. The zero-order chi connectivity index (χ0) is 15.6. The van der Waals surface area contributed by atoms with Crippen molar-refractivity contribution in [2.24, 2.45) is 23.7 Å². The van der Waals surface area contributed by atoms with Crippen molar-refractivity contribution in [2.45, 2.75) is 6.42 Å². The maximum Gasteiger partial charge on any atom is 0.273 e. The molecule has 4 atom stereocenters. The highest BCUT2D eigenvalue weighted by Crippen LogP contribution is 2.53. The Morgan fingerprint density at radius 1 is 1.14 bits per heavy atom. The van der Waals surface area contributed by atoms with Crippen molar-refractivity contribution >= 4 is 23.2 Å². The van der Waals surface area contributed by atoms with Crippen molar-refractivity contribution in [3.63, 3.8) is 0 Å². The van der Waals surface area contributed by atoms with E-state index in [0.29, 0.717) is 0 Å². The standard InChI is InChI=1S/C15H12N2O5/c18-11-6-9(17(21)22)3-4-10(11)16-14(19)12-7-1-2-8(5-7)13(12)15(16)20/h1-4,6-8,12-13,18H,5H2/t7-,8+,12-,13+. The molecule has 1 heterocycles. The van der Waals surface area contributed by atoms with Crippen LogP contribution < -0.4 is 4.90 Å². The molecule has 2 bridgehead atoms. The Bertz CT molecular complexity index is 726. The Labute approximate surface area is 125 Å². The van der Waals surface area contributed by atoms with Crippen LogP contribution in [-0.4, -0.2) is 21.8 Å². The molecule has 4 rings (SSSR count). The van der Waals surface area contributed by atoms with Crippen LogP contribution in [0.5, 0.6) is 5.75 Å². The largest absolute Gasteiger partial charge is 0.505 e. The number of phenolic OH excluding ortho intramolecular Hbond substituents is 1. The number of nitrogens with zero attached hydrogens (tertiary/aromatic N) is 2. The first-order valence-electron chi connectivity index (χ1n) is 7.02. The third-order valence-corrected chi connectivity index (χ3v) is 4.88. The number of fused-ring (bicyclic) bond motifs is 5. The number of non-ortho nitro benzene ring substituents is 1. The second kappa shape index (κ2) is 4.16. The lowest BCUT2D eigenvalue weighted by atomic mass is 9.85. The first-order chi connectivity index (χ1) is 10.5. The summed E-state index contributed by atoms with van der Waals surface area (Å²) in [5, 5.41) is 20.7. The first-order valence-corrected chi connectivity index (χ1v) is 7.02. The van der Waals surface area contributed by atoms with E-state index in [2.05, 4.69) is 0 Å². The maximum absolute atomic E-state index is 12.6. The lowest BCUT2D eigenvalue weighted by Crippen LogP contribution is -2.32. The van der Waals surface area contributed by atoms with Crippen LogP contribution in [-0.2, 0) is 9.59 Å². The monoisotopic (exact) mass is 300 g/mol. The zero-order valence-electron chi connectivity index (χ0n) is 11.4. The van der Waals surface area contributed by atoms with E-state index in [9.17, 15) is 24.8 Å². The first kappa shape index (κ1) is 13.0. The molecule has 2 amide bonds. The van der Waals surface area contributed by atoms with Crippen molar-refractivity contribution in [2.75, 3.05) is 4.90 Å². The summed E-state index contributed by atoms with van der Waals surface area (Å²) >= 11 is 0. The molecule has 22 heavy (non-hydrogen) atoms. The van der Waals surface area contributed by atoms with Crippen LogP contribution in [0.3, 0.4) is 0 Å². The number of phenols is 1. The number of nitro benzene ring substituents is 1. The van der Waals surface area contributed by atoms with E-state index in [0.717, 1.165) is 17.4 Å². The molecule has 7 heteroatoms. The molecule has 112 valence electrons. The molecular weight excluding hydrogens is 288 g/mol. The minimum absolute atomic E-state index is 0.0226. The number of allylic oxidation sites excluding steroid dienone is 2. The number of hydrogen-bond acceptors (Lipinski definition) is 5. The van der Waals surface area contributed by atoms with Crippen LogP contribution in [0.2, 0.25) is 0 Å². The highest BCUT2D eigenvalue weighted by atomic mass is 16.6. The molecule has 3 aliphatic rings. The second-order valence-corrected chi connectivity index (χ2v) is 5.94. The van der Waals surface area contributed by atoms with Crippen molar-refractivity contribution < 1.29 is 19.6 Å². The molecule has 2 aliphatic carbocycles. The quantitative estimate of drug-likeness (QED) is 0.387. The van der Waals surface area contributed by atoms with Gasteiger partial charge in [-0.15, -0.1) is 0 Å². The SMILES string of the molecule is O=C1[C@@H]2[C@H](C(=O)N1c1ccc([N+](=O)[O-])cc1O)[C@@H]1C=C[C@H]2C1. The molecule has 1 saturated carbocycles. The van der Waals surface area contributed by atoms with Gasteiger partial charge in [-0.25, -0.2) is 4.90 Å². The number of carbonyl (C=O) groups is 2. The number of imide groups is 1. The molecule has 1 aromatic carbocycles. The number of amides is 2. The van der Waals surface area contributed by atoms with E-state index in [1.54, 1.807) is 0 Å². The Hall–Kier alpha value is -2.70. The van der Waals surface area contributed by atoms with Gasteiger partial charge in [0.1, 0.15) is 5.75 Å². The third-order valence-electron chi connectivity index (χ3n) is 4.88. The molecule has 1 aromatic rings. The summed E-state index contributed by atoms with van der Waals surface area (Å²) < 4.78 is 0. The minimum Gasteiger partial charge on any atom is -0.505 e. The van der Waals surface area contributed by atoms with Gasteiger partial charge in [-0.3, -0.25) is 19.7 Å². The molecular formula is C15H12N2O5. The molecule has 1 aliphatic heterocycles.